The number of benzene rings is 1. The number of nitrogens with zero attached hydrogens (tertiary/aromatic N) is 1. The molecular weight excluding hydrogens is 287 g/mol. The molecule has 4 nitrogen and oxygen atoms in total. The van der Waals surface area contributed by atoms with Crippen LogP contribution in [0.2, 0.25) is 0 Å². The molecule has 1 rings (SSSR count). The third-order valence-electron chi connectivity index (χ3n) is 2.77. The van der Waals surface area contributed by atoms with Gasteiger partial charge in [0.05, 0.1) is 6.61 Å². The highest BCUT2D eigenvalue weighted by Gasteiger charge is 2.32. The molecule has 0 aliphatic rings. The minimum Gasteiger partial charge on any atom is -0.484 e. The minimum atomic E-state index is -4.51. The summed E-state index contributed by atoms with van der Waals surface area (Å²) in [5.74, 6) is -0.369. The Morgan fingerprint density at radius 1 is 1.33 bits per heavy atom. The topological polar surface area (TPSA) is 49.8 Å². The van der Waals surface area contributed by atoms with Crippen LogP contribution in [0.15, 0.2) is 18.2 Å². The average Bonchev–Trinajstić information content (AvgIpc) is 2.35. The number of hydrogen-bond acceptors (Lipinski definition) is 3. The molecule has 0 unspecified atom stereocenters. The molecule has 0 aromatic heterocycles. The SMILES string of the molecule is Cc1ccc(OCC(=O)N(CCO)CC(F)(F)F)c(C)c1. The van der Waals surface area contributed by atoms with Gasteiger partial charge in [-0.2, -0.15) is 13.2 Å². The molecule has 0 aliphatic carbocycles. The van der Waals surface area contributed by atoms with E-state index in [4.69, 9.17) is 9.84 Å². The van der Waals surface area contributed by atoms with Crippen LogP contribution in [0.3, 0.4) is 0 Å². The molecule has 0 saturated heterocycles. The van der Waals surface area contributed by atoms with Crippen LogP contribution < -0.4 is 4.74 Å². The molecule has 0 radical (unpaired) electrons. The molecule has 0 fully saturated rings. The summed E-state index contributed by atoms with van der Waals surface area (Å²) in [6.07, 6.45) is -4.51. The first kappa shape index (κ1) is 17.3. The van der Waals surface area contributed by atoms with Gasteiger partial charge in [0.2, 0.25) is 0 Å². The maximum Gasteiger partial charge on any atom is 0.406 e. The normalized spacial score (nSPS) is 11.3. The fraction of sp³-hybridized carbons (Fsp3) is 0.500. The van der Waals surface area contributed by atoms with Gasteiger partial charge in [-0.1, -0.05) is 17.7 Å². The van der Waals surface area contributed by atoms with Crippen LogP contribution >= 0.6 is 0 Å². The summed E-state index contributed by atoms with van der Waals surface area (Å²) in [7, 11) is 0. The van der Waals surface area contributed by atoms with Gasteiger partial charge in [0, 0.05) is 6.54 Å². The van der Waals surface area contributed by atoms with E-state index in [1.54, 1.807) is 19.1 Å². The van der Waals surface area contributed by atoms with Crippen LogP contribution in [0.4, 0.5) is 13.2 Å². The number of rotatable bonds is 6. The van der Waals surface area contributed by atoms with Gasteiger partial charge < -0.3 is 14.7 Å². The summed E-state index contributed by atoms with van der Waals surface area (Å²) in [5.41, 5.74) is 1.82. The number of aliphatic hydroxyl groups is 1. The van der Waals surface area contributed by atoms with Crippen molar-refractivity contribution in [1.82, 2.24) is 4.90 Å². The van der Waals surface area contributed by atoms with Gasteiger partial charge in [0.15, 0.2) is 6.61 Å². The second kappa shape index (κ2) is 7.31. The second-order valence-corrected chi connectivity index (χ2v) is 4.71. The highest BCUT2D eigenvalue weighted by molar-refractivity contribution is 5.77. The highest BCUT2D eigenvalue weighted by atomic mass is 19.4. The number of carbonyl (C=O) groups excluding carboxylic acids is 1. The zero-order valence-corrected chi connectivity index (χ0v) is 11.9. The van der Waals surface area contributed by atoms with Gasteiger partial charge in [-0.25, -0.2) is 0 Å². The summed E-state index contributed by atoms with van der Waals surface area (Å²) >= 11 is 0. The van der Waals surface area contributed by atoms with Gasteiger partial charge in [-0.15, -0.1) is 0 Å². The molecule has 0 heterocycles. The van der Waals surface area contributed by atoms with Gasteiger partial charge in [-0.05, 0) is 25.5 Å². The standard InChI is InChI=1S/C14H18F3NO3/c1-10-3-4-12(11(2)7-10)21-8-13(20)18(5-6-19)9-14(15,16)17/h3-4,7,19H,5-6,8-9H2,1-2H3. The molecule has 118 valence electrons. The van der Waals surface area contributed by atoms with Crippen LogP contribution in [-0.4, -0.2) is 48.4 Å². The fourth-order valence-electron chi connectivity index (χ4n) is 1.82. The Morgan fingerprint density at radius 3 is 2.52 bits per heavy atom. The predicted molar refractivity (Wildman–Crippen MR) is 71.1 cm³/mol. The summed E-state index contributed by atoms with van der Waals surface area (Å²) in [4.78, 5) is 12.3. The van der Waals surface area contributed by atoms with Gasteiger partial charge >= 0.3 is 6.18 Å². The number of carbonyl (C=O) groups is 1. The third kappa shape index (κ3) is 6.03. The molecule has 1 N–H and O–H groups in total. The van der Waals surface area contributed by atoms with E-state index in [1.165, 1.54) is 0 Å². The van der Waals surface area contributed by atoms with Crippen LogP contribution in [0.25, 0.3) is 0 Å². The number of ether oxygens (including phenoxy) is 1. The Balaban J connectivity index is 2.64. The van der Waals surface area contributed by atoms with Crippen molar-refractivity contribution in [3.8, 4) is 5.75 Å². The molecule has 1 amide bonds. The van der Waals surface area contributed by atoms with Crippen molar-refractivity contribution in [1.29, 1.82) is 0 Å². The maximum atomic E-state index is 12.3. The Morgan fingerprint density at radius 2 is 2.00 bits per heavy atom. The quantitative estimate of drug-likeness (QED) is 0.875. The Labute approximate surface area is 121 Å². The largest absolute Gasteiger partial charge is 0.484 e. The lowest BCUT2D eigenvalue weighted by Gasteiger charge is -2.23. The van der Waals surface area contributed by atoms with E-state index in [0.29, 0.717) is 10.6 Å². The smallest absolute Gasteiger partial charge is 0.406 e. The molecule has 0 atom stereocenters. The van der Waals surface area contributed by atoms with E-state index >= 15 is 0 Å². The van der Waals surface area contributed by atoms with Gasteiger partial charge in [0.25, 0.3) is 5.91 Å². The van der Waals surface area contributed by atoms with E-state index < -0.39 is 31.8 Å². The van der Waals surface area contributed by atoms with Crippen molar-refractivity contribution < 1.29 is 27.8 Å². The first-order valence-corrected chi connectivity index (χ1v) is 6.38. The molecule has 7 heteroatoms. The highest BCUT2D eigenvalue weighted by Crippen LogP contribution is 2.19. The minimum absolute atomic E-state index is 0.380. The van der Waals surface area contributed by atoms with Crippen molar-refractivity contribution in [3.63, 3.8) is 0 Å². The first-order chi connectivity index (χ1) is 9.73. The number of amides is 1. The van der Waals surface area contributed by atoms with E-state index in [0.717, 1.165) is 11.1 Å². The molecular formula is C14H18F3NO3. The molecule has 21 heavy (non-hydrogen) atoms. The van der Waals surface area contributed by atoms with Crippen molar-refractivity contribution in [2.45, 2.75) is 20.0 Å². The van der Waals surface area contributed by atoms with E-state index in [2.05, 4.69) is 0 Å². The van der Waals surface area contributed by atoms with Crippen molar-refractivity contribution in [2.24, 2.45) is 0 Å². The van der Waals surface area contributed by atoms with Crippen LogP contribution in [0, 0.1) is 13.8 Å². The first-order valence-electron chi connectivity index (χ1n) is 6.38. The van der Waals surface area contributed by atoms with Gasteiger partial charge in [-0.3, -0.25) is 4.79 Å². The molecule has 0 aliphatic heterocycles. The lowest BCUT2D eigenvalue weighted by Crippen LogP contribution is -2.42. The monoisotopic (exact) mass is 305 g/mol. The molecule has 0 spiro atoms. The van der Waals surface area contributed by atoms with E-state index in [-0.39, 0.29) is 6.54 Å². The van der Waals surface area contributed by atoms with E-state index in [1.807, 2.05) is 13.0 Å². The second-order valence-electron chi connectivity index (χ2n) is 4.71. The molecule has 0 bridgehead atoms. The van der Waals surface area contributed by atoms with Crippen molar-refractivity contribution in [2.75, 3.05) is 26.3 Å². The maximum absolute atomic E-state index is 12.3. The Hall–Kier alpha value is -1.76. The van der Waals surface area contributed by atoms with Crippen LogP contribution in [0.5, 0.6) is 5.75 Å². The van der Waals surface area contributed by atoms with Crippen LogP contribution in [0.1, 0.15) is 11.1 Å². The summed E-state index contributed by atoms with van der Waals surface area (Å²) in [6, 6.07) is 5.30. The van der Waals surface area contributed by atoms with Crippen molar-refractivity contribution in [3.05, 3.63) is 29.3 Å². The van der Waals surface area contributed by atoms with Crippen molar-refractivity contribution >= 4 is 5.91 Å². The molecule has 0 saturated carbocycles. The molecule has 1 aromatic rings. The van der Waals surface area contributed by atoms with Gasteiger partial charge in [0.1, 0.15) is 12.3 Å². The number of hydrogen-bond donors (Lipinski definition) is 1. The number of aryl methyl sites for hydroxylation is 2. The summed E-state index contributed by atoms with van der Waals surface area (Å²) in [6.45, 7) is 0.866. The van der Waals surface area contributed by atoms with Crippen LogP contribution in [-0.2, 0) is 4.79 Å². The predicted octanol–water partition coefficient (Wildman–Crippen LogP) is 2.07. The fourth-order valence-corrected chi connectivity index (χ4v) is 1.82. The lowest BCUT2D eigenvalue weighted by molar-refractivity contribution is -0.163. The summed E-state index contributed by atoms with van der Waals surface area (Å²) < 4.78 is 42.3. The number of aliphatic hydroxyl groups excluding tert-OH is 1. The zero-order valence-electron chi connectivity index (χ0n) is 11.9. The molecule has 1 aromatic carbocycles. The number of alkyl halides is 3. The average molecular weight is 305 g/mol. The number of halogens is 3. The lowest BCUT2D eigenvalue weighted by atomic mass is 10.1. The Bertz CT molecular complexity index is 489. The zero-order chi connectivity index (χ0) is 16.0. The third-order valence-corrected chi connectivity index (χ3v) is 2.77. The summed E-state index contributed by atoms with van der Waals surface area (Å²) in [5, 5.41) is 8.74. The Kier molecular flexibility index (Phi) is 6.02. The van der Waals surface area contributed by atoms with E-state index in [9.17, 15) is 18.0 Å².